The van der Waals surface area contributed by atoms with Crippen LogP contribution in [0, 0.1) is 0 Å². The van der Waals surface area contributed by atoms with Gasteiger partial charge in [0.25, 0.3) is 0 Å². The van der Waals surface area contributed by atoms with Gasteiger partial charge >= 0.3 is 0 Å². The Balaban J connectivity index is 1.13. The normalized spacial score (nSPS) is 23.7. The summed E-state index contributed by atoms with van der Waals surface area (Å²) in [6, 6.07) is 36.1. The fourth-order valence-corrected chi connectivity index (χ4v) is 22.6. The average molecular weight is 837 g/mol. The van der Waals surface area contributed by atoms with Crippen molar-refractivity contribution in [1.29, 1.82) is 0 Å². The van der Waals surface area contributed by atoms with Crippen LogP contribution in [0.5, 0.6) is 0 Å². The van der Waals surface area contributed by atoms with E-state index in [0.717, 1.165) is 80.6 Å². The molecule has 0 saturated carbocycles. The van der Waals surface area contributed by atoms with E-state index in [-0.39, 0.29) is 5.92 Å². The van der Waals surface area contributed by atoms with Gasteiger partial charge in [0.15, 0.2) is 22.0 Å². The van der Waals surface area contributed by atoms with E-state index in [9.17, 15) is 0 Å². The van der Waals surface area contributed by atoms with Gasteiger partial charge in [0.1, 0.15) is 0 Å². The Bertz CT molecular complexity index is 2670. The summed E-state index contributed by atoms with van der Waals surface area (Å²) in [4.78, 5) is 11.0. The molecule has 0 amide bonds. The lowest BCUT2D eigenvalue weighted by Crippen LogP contribution is -2.56. The highest BCUT2D eigenvalue weighted by molar-refractivity contribution is 7.05. The maximum Gasteiger partial charge on any atom is 0.160 e. The molecule has 1 heterocycles. The smallest absolute Gasteiger partial charge is 0.160 e. The van der Waals surface area contributed by atoms with Crippen molar-refractivity contribution in [1.82, 2.24) is 9.97 Å². The van der Waals surface area contributed by atoms with Gasteiger partial charge in [-0.2, -0.15) is 0 Å². The molecule has 0 N–H and O–H groups in total. The highest BCUT2D eigenvalue weighted by atomic mass is 28.3. The molecule has 1 aromatic heterocycles. The summed E-state index contributed by atoms with van der Waals surface area (Å²) in [6.07, 6.45) is 55.6. The Morgan fingerprint density at radius 2 is 1.19 bits per heavy atom. The number of benzene rings is 3. The Morgan fingerprint density at radius 1 is 0.516 bits per heavy atom. The summed E-state index contributed by atoms with van der Waals surface area (Å²) < 4.78 is 0. The van der Waals surface area contributed by atoms with E-state index < -0.39 is 16.1 Å². The summed E-state index contributed by atoms with van der Waals surface area (Å²) in [6.45, 7) is 0. The third-order valence-corrected chi connectivity index (χ3v) is 24.9. The second kappa shape index (κ2) is 18.2. The van der Waals surface area contributed by atoms with Crippen LogP contribution in [-0.2, 0) is 0 Å². The predicted molar refractivity (Wildman–Crippen MR) is 267 cm³/mol. The van der Waals surface area contributed by atoms with Crippen LogP contribution in [-0.4, -0.2) is 26.1 Å². The molecule has 4 aromatic rings. The van der Waals surface area contributed by atoms with Gasteiger partial charge in [-0.25, -0.2) is 9.97 Å². The molecule has 0 aliphatic heterocycles. The zero-order valence-electron chi connectivity index (χ0n) is 35.7. The van der Waals surface area contributed by atoms with E-state index in [2.05, 4.69) is 213 Å². The van der Waals surface area contributed by atoms with E-state index in [1.54, 1.807) is 10.4 Å². The van der Waals surface area contributed by atoms with Gasteiger partial charge in [-0.15, -0.1) is 0 Å². The highest BCUT2D eigenvalue weighted by Crippen LogP contribution is 2.47. The standard InChI is InChI=1S/C58H56N2Si2/c1-8-24-45(25-9-1)58-59-56(46-26-22-40-54(42-46)61(48-28-10-2-11-29-48,49-30-12-3-13-31-49)50-32-14-4-15-33-50)44-57(60-58)47-27-23-41-55(43-47)62(51-34-16-5-17-35-51,52-36-18-6-19-37-52)53-38-20-7-21-39-53/h1-6,8-14,16-20,22,24-25,28-30,32,34-36,38-44,46,49,52H,7,15,21,23,26-27,31,33,37H2. The number of aromatic nitrogens is 2. The van der Waals surface area contributed by atoms with Gasteiger partial charge in [-0.05, 0) is 90.9 Å². The van der Waals surface area contributed by atoms with Gasteiger partial charge in [-0.3, -0.25) is 0 Å². The molecule has 0 radical (unpaired) electrons. The van der Waals surface area contributed by atoms with Crippen molar-refractivity contribution in [3.05, 3.63) is 245 Å². The zero-order valence-corrected chi connectivity index (χ0v) is 37.7. The first-order valence-corrected chi connectivity index (χ1v) is 27.2. The molecule has 5 atom stereocenters. The molecule has 6 aliphatic carbocycles. The Morgan fingerprint density at radius 3 is 1.85 bits per heavy atom. The molecule has 10 rings (SSSR count). The second-order valence-corrected chi connectivity index (χ2v) is 25.8. The van der Waals surface area contributed by atoms with Crippen molar-refractivity contribution in [3.8, 4) is 11.4 Å². The summed E-state index contributed by atoms with van der Waals surface area (Å²) >= 11 is 0. The van der Waals surface area contributed by atoms with E-state index in [4.69, 9.17) is 9.97 Å². The lowest BCUT2D eigenvalue weighted by molar-refractivity contribution is 0.803. The lowest BCUT2D eigenvalue weighted by Gasteiger charge is -2.43. The van der Waals surface area contributed by atoms with Crippen LogP contribution < -0.4 is 10.4 Å². The second-order valence-electron chi connectivity index (χ2n) is 17.6. The SMILES string of the molecule is C1=CCCC([Si](C2=CC(c3cc(C4=CC([Si](C5=CCCC=C5)(c5ccccc5)C5C=CC=CC5)=CCC4)nc(-c4ccccc4)n3)CC=C2)(c2ccccc2)C2C=CC=CC2)=C1. The minimum Gasteiger partial charge on any atom is -0.232 e. The largest absolute Gasteiger partial charge is 0.232 e. The van der Waals surface area contributed by atoms with Crippen LogP contribution in [0.3, 0.4) is 0 Å². The van der Waals surface area contributed by atoms with Crippen molar-refractivity contribution in [2.24, 2.45) is 0 Å². The Kier molecular flexibility index (Phi) is 11.8. The van der Waals surface area contributed by atoms with E-state index in [0.29, 0.717) is 11.1 Å². The number of nitrogens with zero attached hydrogens (tertiary/aromatic N) is 2. The third kappa shape index (κ3) is 7.54. The maximum atomic E-state index is 5.51. The van der Waals surface area contributed by atoms with Gasteiger partial charge in [0.2, 0.25) is 0 Å². The number of allylic oxidation sites excluding steroid dienone is 24. The number of rotatable bonds is 11. The molecule has 0 bridgehead atoms. The summed E-state index contributed by atoms with van der Waals surface area (Å²) in [5, 5.41) is 9.19. The molecule has 0 spiro atoms. The third-order valence-electron chi connectivity index (χ3n) is 14.1. The van der Waals surface area contributed by atoms with E-state index >= 15 is 0 Å². The molecule has 5 unspecified atom stereocenters. The fraction of sp³-hybridized carbons (Fsp3) is 0.207. The minimum absolute atomic E-state index is 0.131. The molecular weight excluding hydrogens is 781 g/mol. The summed E-state index contributed by atoms with van der Waals surface area (Å²) in [7, 11) is -5.02. The van der Waals surface area contributed by atoms with Crippen molar-refractivity contribution in [3.63, 3.8) is 0 Å². The first kappa shape index (κ1) is 40.1. The molecular formula is C58H56N2Si2. The lowest BCUT2D eigenvalue weighted by atomic mass is 9.94. The summed E-state index contributed by atoms with van der Waals surface area (Å²) in [5.41, 5.74) is 5.42. The molecule has 0 fully saturated rings. The topological polar surface area (TPSA) is 25.8 Å². The first-order chi connectivity index (χ1) is 30.7. The molecule has 3 aromatic carbocycles. The average Bonchev–Trinajstić information content (AvgIpc) is 3.37. The van der Waals surface area contributed by atoms with Gasteiger partial charge < -0.3 is 0 Å². The molecule has 4 heteroatoms. The van der Waals surface area contributed by atoms with Crippen LogP contribution in [0.4, 0.5) is 0 Å². The quantitative estimate of drug-likeness (QED) is 0.141. The van der Waals surface area contributed by atoms with Crippen LogP contribution in [0.15, 0.2) is 233 Å². The zero-order chi connectivity index (χ0) is 41.6. The van der Waals surface area contributed by atoms with Crippen molar-refractivity contribution in [2.75, 3.05) is 0 Å². The number of hydrogen-bond acceptors (Lipinski definition) is 2. The van der Waals surface area contributed by atoms with Gasteiger partial charge in [0, 0.05) is 11.5 Å². The van der Waals surface area contributed by atoms with Gasteiger partial charge in [-0.1, -0.05) is 227 Å². The molecule has 0 saturated heterocycles. The fourth-order valence-electron chi connectivity index (χ4n) is 11.3. The monoisotopic (exact) mass is 836 g/mol. The van der Waals surface area contributed by atoms with Crippen LogP contribution >= 0.6 is 0 Å². The summed E-state index contributed by atoms with van der Waals surface area (Å²) in [5.74, 6) is 0.947. The predicted octanol–water partition coefficient (Wildman–Crippen LogP) is 13.4. The van der Waals surface area contributed by atoms with Crippen molar-refractivity contribution in [2.45, 2.75) is 74.8 Å². The Hall–Kier alpha value is -5.95. The number of hydrogen-bond donors (Lipinski definition) is 0. The van der Waals surface area contributed by atoms with Crippen molar-refractivity contribution >= 4 is 32.1 Å². The molecule has 62 heavy (non-hydrogen) atoms. The first-order valence-electron chi connectivity index (χ1n) is 23.0. The Labute approximate surface area is 371 Å². The molecule has 2 nitrogen and oxygen atoms in total. The van der Waals surface area contributed by atoms with Crippen LogP contribution in [0.25, 0.3) is 17.0 Å². The maximum absolute atomic E-state index is 5.51. The van der Waals surface area contributed by atoms with E-state index in [1.807, 2.05) is 0 Å². The molecule has 6 aliphatic rings. The minimum atomic E-state index is -2.52. The van der Waals surface area contributed by atoms with Crippen LogP contribution in [0.1, 0.15) is 75.1 Å². The van der Waals surface area contributed by atoms with Crippen molar-refractivity contribution < 1.29 is 0 Å². The highest BCUT2D eigenvalue weighted by Gasteiger charge is 2.49. The van der Waals surface area contributed by atoms with Crippen LogP contribution in [0.2, 0.25) is 11.1 Å². The molecule has 306 valence electrons. The van der Waals surface area contributed by atoms with Gasteiger partial charge in [0.05, 0.1) is 11.4 Å². The van der Waals surface area contributed by atoms with E-state index in [1.165, 1.54) is 26.3 Å².